The Hall–Kier alpha value is -3.30. The lowest BCUT2D eigenvalue weighted by Gasteiger charge is -2.36. The molecule has 8 nitrogen and oxygen atoms in total. The van der Waals surface area contributed by atoms with Crippen LogP contribution in [0.5, 0.6) is 0 Å². The third-order valence-electron chi connectivity index (χ3n) is 5.81. The number of anilines is 1. The molecule has 32 heavy (non-hydrogen) atoms. The summed E-state index contributed by atoms with van der Waals surface area (Å²) in [6.07, 6.45) is 4.99. The van der Waals surface area contributed by atoms with Crippen LogP contribution in [0.4, 0.5) is 5.69 Å². The zero-order valence-corrected chi connectivity index (χ0v) is 18.4. The van der Waals surface area contributed by atoms with Gasteiger partial charge in [-0.05, 0) is 43.2 Å². The highest BCUT2D eigenvalue weighted by Crippen LogP contribution is 2.35. The minimum Gasteiger partial charge on any atom is -0.325 e. The highest BCUT2D eigenvalue weighted by molar-refractivity contribution is 8.14. The monoisotopic (exact) mass is 448 g/mol. The summed E-state index contributed by atoms with van der Waals surface area (Å²) in [5, 5.41) is 10.3. The summed E-state index contributed by atoms with van der Waals surface area (Å²) >= 11 is 1.39. The Kier molecular flexibility index (Phi) is 5.59. The Balaban J connectivity index is 1.16. The first-order valence-corrected chi connectivity index (χ1v) is 11.5. The van der Waals surface area contributed by atoms with Crippen molar-refractivity contribution < 1.29 is 9.59 Å². The number of ketones is 1. The molecule has 1 saturated heterocycles. The Bertz CT molecular complexity index is 1070. The van der Waals surface area contributed by atoms with E-state index in [0.717, 1.165) is 11.6 Å². The maximum atomic E-state index is 12.4. The predicted octanol–water partition coefficient (Wildman–Crippen LogP) is 2.87. The Morgan fingerprint density at radius 2 is 1.91 bits per heavy atom. The number of hydrogen-bond acceptors (Lipinski definition) is 8. The van der Waals surface area contributed by atoms with Crippen molar-refractivity contribution in [3.05, 3.63) is 78.1 Å². The molecule has 0 aromatic heterocycles. The maximum absolute atomic E-state index is 12.4. The second-order valence-electron chi connectivity index (χ2n) is 7.95. The van der Waals surface area contributed by atoms with Gasteiger partial charge in [-0.2, -0.15) is 5.10 Å². The van der Waals surface area contributed by atoms with Gasteiger partial charge >= 0.3 is 0 Å². The van der Waals surface area contributed by atoms with Gasteiger partial charge in [0.2, 0.25) is 5.91 Å². The van der Waals surface area contributed by atoms with Crippen LogP contribution in [0.15, 0.2) is 72.1 Å². The molecule has 3 unspecified atom stereocenters. The number of hydrogen-bond donors (Lipinski definition) is 3. The minimum absolute atomic E-state index is 0.000403. The van der Waals surface area contributed by atoms with Gasteiger partial charge in [0.25, 0.3) is 0 Å². The van der Waals surface area contributed by atoms with E-state index in [1.807, 2.05) is 18.5 Å². The van der Waals surface area contributed by atoms with Gasteiger partial charge in [-0.25, -0.2) is 5.43 Å². The van der Waals surface area contributed by atoms with Gasteiger partial charge in [-0.15, -0.1) is 0 Å². The molecule has 2 aromatic rings. The second kappa shape index (κ2) is 8.68. The highest BCUT2D eigenvalue weighted by Gasteiger charge is 2.44. The number of nitrogens with one attached hydrogen (secondary N) is 3. The fraction of sp³-hybridized carbons (Fsp3) is 0.261. The summed E-state index contributed by atoms with van der Waals surface area (Å²) in [6, 6.07) is 17.8. The molecule has 3 aliphatic rings. The van der Waals surface area contributed by atoms with Crippen LogP contribution >= 0.6 is 11.8 Å². The van der Waals surface area contributed by atoms with Gasteiger partial charge in [0.05, 0.1) is 17.8 Å². The van der Waals surface area contributed by atoms with Crippen LogP contribution in [0, 0.1) is 0 Å². The quantitative estimate of drug-likeness (QED) is 0.606. The molecule has 0 radical (unpaired) electrons. The van der Waals surface area contributed by atoms with Crippen LogP contribution in [0.2, 0.25) is 0 Å². The molecule has 3 atom stereocenters. The summed E-state index contributed by atoms with van der Waals surface area (Å²) in [5.41, 5.74) is 9.36. The largest absolute Gasteiger partial charge is 0.325 e. The summed E-state index contributed by atoms with van der Waals surface area (Å²) in [7, 11) is 0. The third kappa shape index (κ3) is 4.09. The van der Waals surface area contributed by atoms with Crippen molar-refractivity contribution in [1.82, 2.24) is 20.8 Å². The standard InChI is InChI=1S/C23H24N6O2S/c1-15(30)16-7-9-18(10-8-16)24-21(31)14-32-23-26-25-22-20-13-19(17-5-3-2-4-6-17)27-29(20)12-11-28(22)23/h2-12,19-20,22,25,27H,13-14H2,1H3,(H,24,31). The Morgan fingerprint density at radius 3 is 2.66 bits per heavy atom. The van der Waals surface area contributed by atoms with Crippen molar-refractivity contribution in [2.24, 2.45) is 5.10 Å². The third-order valence-corrected chi connectivity index (χ3v) is 6.78. The van der Waals surface area contributed by atoms with E-state index in [1.54, 1.807) is 24.3 Å². The average molecular weight is 449 g/mol. The van der Waals surface area contributed by atoms with Gasteiger partial charge in [0.1, 0.15) is 6.17 Å². The maximum Gasteiger partial charge on any atom is 0.234 e. The van der Waals surface area contributed by atoms with Crippen molar-refractivity contribution in [3.63, 3.8) is 0 Å². The molecule has 3 aliphatic heterocycles. The molecule has 1 fully saturated rings. The summed E-state index contributed by atoms with van der Waals surface area (Å²) in [6.45, 7) is 1.52. The average Bonchev–Trinajstić information content (AvgIpc) is 3.42. The van der Waals surface area contributed by atoms with E-state index >= 15 is 0 Å². The number of rotatable bonds is 5. The molecule has 2 aromatic carbocycles. The van der Waals surface area contributed by atoms with Crippen molar-refractivity contribution >= 4 is 34.3 Å². The number of nitrogens with zero attached hydrogens (tertiary/aromatic N) is 3. The van der Waals surface area contributed by atoms with Crippen LogP contribution < -0.4 is 16.2 Å². The molecule has 5 rings (SSSR count). The predicted molar refractivity (Wildman–Crippen MR) is 125 cm³/mol. The first-order valence-electron chi connectivity index (χ1n) is 10.5. The molecule has 0 saturated carbocycles. The first-order chi connectivity index (χ1) is 15.6. The number of Topliss-reactive ketones (excluding diaryl/α,β-unsaturated/α-hetero) is 1. The van der Waals surface area contributed by atoms with Crippen LogP contribution in [0.3, 0.4) is 0 Å². The molecule has 3 N–H and O–H groups in total. The van der Waals surface area contributed by atoms with E-state index in [9.17, 15) is 9.59 Å². The fourth-order valence-corrected chi connectivity index (χ4v) is 4.94. The summed E-state index contributed by atoms with van der Waals surface area (Å²) in [4.78, 5) is 25.9. The molecule has 0 aliphatic carbocycles. The highest BCUT2D eigenvalue weighted by atomic mass is 32.2. The fourth-order valence-electron chi connectivity index (χ4n) is 4.17. The number of amidine groups is 1. The molecule has 0 bridgehead atoms. The van der Waals surface area contributed by atoms with E-state index in [4.69, 9.17) is 0 Å². The van der Waals surface area contributed by atoms with Gasteiger partial charge in [-0.3, -0.25) is 15.0 Å². The lowest BCUT2D eigenvalue weighted by molar-refractivity contribution is -0.113. The Morgan fingerprint density at radius 1 is 1.12 bits per heavy atom. The van der Waals surface area contributed by atoms with Gasteiger partial charge in [-0.1, -0.05) is 42.1 Å². The number of hydrazone groups is 1. The van der Waals surface area contributed by atoms with Crippen LogP contribution in [0.1, 0.15) is 35.3 Å². The molecular formula is C23H24N6O2S. The molecule has 1 amide bonds. The number of fused-ring (bicyclic) bond motifs is 3. The van der Waals surface area contributed by atoms with Crippen molar-refractivity contribution in [2.75, 3.05) is 11.1 Å². The van der Waals surface area contributed by atoms with E-state index < -0.39 is 0 Å². The topological polar surface area (TPSA) is 89.1 Å². The zero-order chi connectivity index (χ0) is 22.1. The van der Waals surface area contributed by atoms with E-state index in [0.29, 0.717) is 11.3 Å². The minimum atomic E-state index is -0.119. The van der Waals surface area contributed by atoms with Gasteiger partial charge in [0, 0.05) is 23.7 Å². The second-order valence-corrected chi connectivity index (χ2v) is 8.89. The van der Waals surface area contributed by atoms with Crippen molar-refractivity contribution in [2.45, 2.75) is 31.6 Å². The summed E-state index contributed by atoms with van der Waals surface area (Å²) in [5.74, 6) is 0.122. The van der Waals surface area contributed by atoms with Crippen LogP contribution in [-0.2, 0) is 4.79 Å². The SMILES string of the molecule is CC(=O)c1ccc(NC(=O)CSC2=NNC3C4CC(c5ccccc5)NN4C=CN23)cc1. The van der Waals surface area contributed by atoms with E-state index in [-0.39, 0.29) is 35.7 Å². The van der Waals surface area contributed by atoms with Crippen molar-refractivity contribution in [1.29, 1.82) is 0 Å². The molecule has 164 valence electrons. The number of thioether (sulfide) groups is 1. The van der Waals surface area contributed by atoms with Gasteiger partial charge < -0.3 is 15.2 Å². The number of amides is 1. The molecule has 0 spiro atoms. The van der Waals surface area contributed by atoms with E-state index in [2.05, 4.69) is 55.4 Å². The summed E-state index contributed by atoms with van der Waals surface area (Å²) < 4.78 is 0. The number of carbonyl (C=O) groups excluding carboxylic acids is 2. The van der Waals surface area contributed by atoms with Crippen LogP contribution in [-0.4, -0.2) is 44.7 Å². The molecule has 9 heteroatoms. The molecular weight excluding hydrogens is 424 g/mol. The smallest absolute Gasteiger partial charge is 0.234 e. The lowest BCUT2D eigenvalue weighted by Crippen LogP contribution is -2.54. The van der Waals surface area contributed by atoms with E-state index in [1.165, 1.54) is 24.2 Å². The Labute approximate surface area is 190 Å². The zero-order valence-electron chi connectivity index (χ0n) is 17.6. The number of hydrazine groups is 1. The number of carbonyl (C=O) groups is 2. The number of benzene rings is 2. The molecule has 3 heterocycles. The van der Waals surface area contributed by atoms with Crippen molar-refractivity contribution in [3.8, 4) is 0 Å². The lowest BCUT2D eigenvalue weighted by atomic mass is 10.00. The van der Waals surface area contributed by atoms with Crippen LogP contribution in [0.25, 0.3) is 0 Å². The normalized spacial score (nSPS) is 23.3. The first kappa shape index (κ1) is 20.6. The van der Waals surface area contributed by atoms with Gasteiger partial charge in [0.15, 0.2) is 11.0 Å².